The second kappa shape index (κ2) is 4.12. The lowest BCUT2D eigenvalue weighted by atomic mass is 10.1. The SMILES string of the molecule is COC1(OC)CN(c2ccc(C#N)cc2)C1. The number of hydrogen-bond donors (Lipinski definition) is 0. The Bertz CT molecular complexity index is 396. The Labute approximate surface area is 95.0 Å². The Morgan fingerprint density at radius 3 is 2.19 bits per heavy atom. The molecule has 16 heavy (non-hydrogen) atoms. The Morgan fingerprint density at radius 2 is 1.75 bits per heavy atom. The first-order chi connectivity index (χ1) is 7.73. The van der Waals surface area contributed by atoms with Gasteiger partial charge in [0, 0.05) is 19.9 Å². The summed E-state index contributed by atoms with van der Waals surface area (Å²) in [7, 11) is 3.30. The van der Waals surface area contributed by atoms with Crippen LogP contribution in [0.5, 0.6) is 0 Å². The van der Waals surface area contributed by atoms with Crippen LogP contribution in [0.3, 0.4) is 0 Å². The summed E-state index contributed by atoms with van der Waals surface area (Å²) in [6, 6.07) is 9.61. The number of nitrogens with zero attached hydrogens (tertiary/aromatic N) is 2. The van der Waals surface area contributed by atoms with Crippen molar-refractivity contribution in [1.29, 1.82) is 5.26 Å². The summed E-state index contributed by atoms with van der Waals surface area (Å²) in [5.74, 6) is -0.464. The van der Waals surface area contributed by atoms with Crippen LogP contribution in [0, 0.1) is 11.3 Å². The predicted molar refractivity (Wildman–Crippen MR) is 60.1 cm³/mol. The summed E-state index contributed by atoms with van der Waals surface area (Å²) in [6.45, 7) is 1.43. The normalized spacial score (nSPS) is 17.7. The molecule has 1 saturated heterocycles. The second-order valence-corrected chi connectivity index (χ2v) is 3.83. The zero-order chi connectivity index (χ0) is 11.6. The molecule has 0 atom stereocenters. The van der Waals surface area contributed by atoms with Gasteiger partial charge in [-0.05, 0) is 24.3 Å². The van der Waals surface area contributed by atoms with Gasteiger partial charge >= 0.3 is 0 Å². The Hall–Kier alpha value is -1.57. The number of nitriles is 1. The van der Waals surface area contributed by atoms with E-state index in [0.717, 1.165) is 5.69 Å². The van der Waals surface area contributed by atoms with Crippen molar-refractivity contribution in [3.05, 3.63) is 29.8 Å². The molecule has 0 aliphatic carbocycles. The van der Waals surface area contributed by atoms with Crippen LogP contribution in [0.2, 0.25) is 0 Å². The minimum atomic E-state index is -0.464. The van der Waals surface area contributed by atoms with Crippen molar-refractivity contribution < 1.29 is 9.47 Å². The van der Waals surface area contributed by atoms with Crippen molar-refractivity contribution in [1.82, 2.24) is 0 Å². The lowest BCUT2D eigenvalue weighted by Crippen LogP contribution is -2.64. The van der Waals surface area contributed by atoms with E-state index in [1.807, 2.05) is 24.3 Å². The quantitative estimate of drug-likeness (QED) is 0.719. The van der Waals surface area contributed by atoms with Crippen molar-refractivity contribution in [2.45, 2.75) is 5.79 Å². The second-order valence-electron chi connectivity index (χ2n) is 3.83. The molecule has 1 aromatic carbocycles. The highest BCUT2D eigenvalue weighted by atomic mass is 16.7. The van der Waals surface area contributed by atoms with Crippen molar-refractivity contribution in [2.75, 3.05) is 32.2 Å². The highest BCUT2D eigenvalue weighted by Crippen LogP contribution is 2.30. The molecule has 84 valence electrons. The molecule has 0 spiro atoms. The van der Waals surface area contributed by atoms with Gasteiger partial charge in [-0.15, -0.1) is 0 Å². The zero-order valence-electron chi connectivity index (χ0n) is 9.43. The van der Waals surface area contributed by atoms with E-state index in [-0.39, 0.29) is 0 Å². The van der Waals surface area contributed by atoms with E-state index in [1.165, 1.54) is 0 Å². The highest BCUT2D eigenvalue weighted by molar-refractivity contribution is 5.52. The summed E-state index contributed by atoms with van der Waals surface area (Å²) in [6.07, 6.45) is 0. The number of rotatable bonds is 3. The third-order valence-corrected chi connectivity index (χ3v) is 2.97. The molecular formula is C12H14N2O2. The predicted octanol–water partition coefficient (Wildman–Crippen LogP) is 1.37. The first kappa shape index (κ1) is 10.9. The molecule has 0 amide bonds. The summed E-state index contributed by atoms with van der Waals surface area (Å²) < 4.78 is 10.6. The molecule has 1 fully saturated rings. The van der Waals surface area contributed by atoms with Gasteiger partial charge in [-0.2, -0.15) is 5.26 Å². The third-order valence-electron chi connectivity index (χ3n) is 2.97. The first-order valence-electron chi connectivity index (χ1n) is 5.08. The fourth-order valence-corrected chi connectivity index (χ4v) is 1.81. The van der Waals surface area contributed by atoms with E-state index < -0.39 is 5.79 Å². The number of hydrogen-bond acceptors (Lipinski definition) is 4. The topological polar surface area (TPSA) is 45.5 Å². The largest absolute Gasteiger partial charge is 0.361 e. The van der Waals surface area contributed by atoms with Crippen LogP contribution in [0.25, 0.3) is 0 Å². The number of benzene rings is 1. The first-order valence-corrected chi connectivity index (χ1v) is 5.08. The molecule has 4 nitrogen and oxygen atoms in total. The smallest absolute Gasteiger partial charge is 0.203 e. The molecule has 2 rings (SSSR count). The van der Waals surface area contributed by atoms with Crippen molar-refractivity contribution in [3.8, 4) is 6.07 Å². The van der Waals surface area contributed by atoms with Crippen LogP contribution >= 0.6 is 0 Å². The maximum absolute atomic E-state index is 8.69. The molecule has 0 N–H and O–H groups in total. The molecule has 1 aromatic rings. The maximum atomic E-state index is 8.69. The monoisotopic (exact) mass is 218 g/mol. The van der Waals surface area contributed by atoms with Gasteiger partial charge in [0.05, 0.1) is 24.7 Å². The van der Waals surface area contributed by atoms with Crippen LogP contribution in [-0.4, -0.2) is 33.1 Å². The van der Waals surface area contributed by atoms with E-state index in [1.54, 1.807) is 14.2 Å². The van der Waals surface area contributed by atoms with Gasteiger partial charge in [-0.1, -0.05) is 0 Å². The molecule has 0 aromatic heterocycles. The van der Waals surface area contributed by atoms with E-state index in [4.69, 9.17) is 14.7 Å². The molecule has 1 heterocycles. The Balaban J connectivity index is 2.04. The van der Waals surface area contributed by atoms with Gasteiger partial charge in [-0.25, -0.2) is 0 Å². The van der Waals surface area contributed by atoms with Gasteiger partial charge in [0.2, 0.25) is 5.79 Å². The van der Waals surface area contributed by atoms with Gasteiger partial charge in [0.15, 0.2) is 0 Å². The fourth-order valence-electron chi connectivity index (χ4n) is 1.81. The highest BCUT2D eigenvalue weighted by Gasteiger charge is 2.43. The lowest BCUT2D eigenvalue weighted by molar-refractivity contribution is -0.219. The van der Waals surface area contributed by atoms with Gasteiger partial charge in [0.1, 0.15) is 0 Å². The fraction of sp³-hybridized carbons (Fsp3) is 0.417. The molecule has 4 heteroatoms. The Kier molecular flexibility index (Phi) is 2.82. The average Bonchev–Trinajstić information content (AvgIpc) is 2.30. The number of ether oxygens (including phenoxy) is 2. The van der Waals surface area contributed by atoms with E-state index in [9.17, 15) is 0 Å². The number of anilines is 1. The molecule has 1 aliphatic heterocycles. The van der Waals surface area contributed by atoms with E-state index >= 15 is 0 Å². The minimum Gasteiger partial charge on any atom is -0.361 e. The van der Waals surface area contributed by atoms with E-state index in [2.05, 4.69) is 11.0 Å². The van der Waals surface area contributed by atoms with Crippen LogP contribution in [-0.2, 0) is 9.47 Å². The van der Waals surface area contributed by atoms with Crippen LogP contribution in [0.4, 0.5) is 5.69 Å². The van der Waals surface area contributed by atoms with Crippen molar-refractivity contribution in [3.63, 3.8) is 0 Å². The molecule has 0 unspecified atom stereocenters. The van der Waals surface area contributed by atoms with Gasteiger partial charge in [0.25, 0.3) is 0 Å². The van der Waals surface area contributed by atoms with Crippen molar-refractivity contribution in [2.24, 2.45) is 0 Å². The summed E-state index contributed by atoms with van der Waals surface area (Å²) >= 11 is 0. The van der Waals surface area contributed by atoms with Crippen LogP contribution < -0.4 is 4.90 Å². The molecule has 0 saturated carbocycles. The van der Waals surface area contributed by atoms with Crippen molar-refractivity contribution >= 4 is 5.69 Å². The third kappa shape index (κ3) is 1.75. The molecule has 0 radical (unpaired) electrons. The lowest BCUT2D eigenvalue weighted by Gasteiger charge is -2.48. The number of methoxy groups -OCH3 is 2. The summed E-state index contributed by atoms with van der Waals surface area (Å²) in [5.41, 5.74) is 1.76. The molecule has 0 bridgehead atoms. The van der Waals surface area contributed by atoms with E-state index in [0.29, 0.717) is 18.7 Å². The zero-order valence-corrected chi connectivity index (χ0v) is 9.43. The Morgan fingerprint density at radius 1 is 1.19 bits per heavy atom. The molecule has 1 aliphatic rings. The average molecular weight is 218 g/mol. The van der Waals surface area contributed by atoms with Gasteiger partial charge in [-0.3, -0.25) is 0 Å². The summed E-state index contributed by atoms with van der Waals surface area (Å²) in [4.78, 5) is 2.15. The summed E-state index contributed by atoms with van der Waals surface area (Å²) in [5, 5.41) is 8.69. The van der Waals surface area contributed by atoms with Gasteiger partial charge < -0.3 is 14.4 Å². The molecular weight excluding hydrogens is 204 g/mol. The van der Waals surface area contributed by atoms with Crippen LogP contribution in [0.15, 0.2) is 24.3 Å². The standard InChI is InChI=1S/C12H14N2O2/c1-15-12(16-2)8-14(9-12)11-5-3-10(7-13)4-6-11/h3-6H,8-9H2,1-2H3. The maximum Gasteiger partial charge on any atom is 0.203 e. The minimum absolute atomic E-state index is 0.464. The van der Waals surface area contributed by atoms with Crippen LogP contribution in [0.1, 0.15) is 5.56 Å².